The maximum atomic E-state index is 12.1. The van der Waals surface area contributed by atoms with Crippen molar-refractivity contribution in [3.8, 4) is 0 Å². The smallest absolute Gasteiger partial charge is 0.446 e. The number of halogens is 3. The number of urea groups is 1. The molecule has 1 aromatic carbocycles. The Labute approximate surface area is 123 Å². The Balaban J connectivity index is 2.44. The number of ether oxygens (including phenoxy) is 1. The molecule has 1 aromatic rings. The number of benzene rings is 1. The van der Waals surface area contributed by atoms with Gasteiger partial charge in [0.15, 0.2) is 0 Å². The van der Waals surface area contributed by atoms with Crippen LogP contribution < -0.4 is 10.6 Å². The van der Waals surface area contributed by atoms with E-state index in [1.165, 1.54) is 24.3 Å². The van der Waals surface area contributed by atoms with Crippen LogP contribution in [0.4, 0.5) is 23.7 Å². The zero-order chi connectivity index (χ0) is 15.9. The van der Waals surface area contributed by atoms with Crippen molar-refractivity contribution in [1.82, 2.24) is 5.32 Å². The lowest BCUT2D eigenvalue weighted by Gasteiger charge is -2.09. The summed E-state index contributed by atoms with van der Waals surface area (Å²) in [6.45, 7) is 1.56. The highest BCUT2D eigenvalue weighted by Gasteiger charge is 2.28. The quantitative estimate of drug-likeness (QED) is 0.646. The first-order valence-electron chi connectivity index (χ1n) is 5.86. The third-order valence-corrected chi connectivity index (χ3v) is 2.78. The van der Waals surface area contributed by atoms with Crippen LogP contribution in [0.5, 0.6) is 0 Å². The summed E-state index contributed by atoms with van der Waals surface area (Å²) in [5.74, 6) is -0.579. The second kappa shape index (κ2) is 7.77. The average Bonchev–Trinajstić information content (AvgIpc) is 2.37. The number of amides is 2. The molecule has 0 aromatic heterocycles. The van der Waals surface area contributed by atoms with E-state index in [0.29, 0.717) is 5.69 Å². The van der Waals surface area contributed by atoms with Gasteiger partial charge >= 0.3 is 17.5 Å². The topological polar surface area (TPSA) is 67.4 Å². The Morgan fingerprint density at radius 1 is 1.24 bits per heavy atom. The average molecular weight is 322 g/mol. The molecule has 2 amide bonds. The number of rotatable bonds is 5. The third-order valence-electron chi connectivity index (χ3n) is 2.04. The lowest BCUT2D eigenvalue weighted by Crippen LogP contribution is -2.34. The van der Waals surface area contributed by atoms with Crippen molar-refractivity contribution in [2.75, 3.05) is 18.5 Å². The number of carbonyl (C=O) groups excluding carboxylic acids is 2. The molecule has 5 nitrogen and oxygen atoms in total. The molecule has 0 fully saturated rings. The van der Waals surface area contributed by atoms with Crippen LogP contribution in [0.15, 0.2) is 29.2 Å². The zero-order valence-electron chi connectivity index (χ0n) is 11.0. The maximum absolute atomic E-state index is 12.1. The lowest BCUT2D eigenvalue weighted by atomic mass is 10.3. The van der Waals surface area contributed by atoms with Gasteiger partial charge in [-0.1, -0.05) is 0 Å². The Morgan fingerprint density at radius 2 is 1.86 bits per heavy atom. The van der Waals surface area contributed by atoms with Gasteiger partial charge in [-0.05, 0) is 43.0 Å². The van der Waals surface area contributed by atoms with E-state index in [1.54, 1.807) is 6.92 Å². The van der Waals surface area contributed by atoms with Gasteiger partial charge in [-0.2, -0.15) is 13.2 Å². The Kier molecular flexibility index (Phi) is 6.35. The molecule has 0 saturated carbocycles. The van der Waals surface area contributed by atoms with Crippen molar-refractivity contribution >= 4 is 29.4 Å². The van der Waals surface area contributed by atoms with Gasteiger partial charge in [-0.25, -0.2) is 4.79 Å². The minimum absolute atomic E-state index is 0.0139. The predicted octanol–water partition coefficient (Wildman–Crippen LogP) is 2.98. The molecular formula is C12H13F3N2O3S. The molecule has 0 radical (unpaired) electrons. The van der Waals surface area contributed by atoms with Crippen molar-refractivity contribution in [2.24, 2.45) is 0 Å². The highest BCUT2D eigenvalue weighted by atomic mass is 32.2. The summed E-state index contributed by atoms with van der Waals surface area (Å²) in [5, 5.41) is 4.64. The van der Waals surface area contributed by atoms with Gasteiger partial charge in [0.25, 0.3) is 0 Å². The molecule has 0 atom stereocenters. The molecule has 2 N–H and O–H groups in total. The maximum Gasteiger partial charge on any atom is 0.446 e. The molecule has 0 heterocycles. The van der Waals surface area contributed by atoms with E-state index in [-0.39, 0.29) is 29.8 Å². The predicted molar refractivity (Wildman–Crippen MR) is 72.0 cm³/mol. The van der Waals surface area contributed by atoms with Crippen LogP contribution in [0.3, 0.4) is 0 Å². The summed E-state index contributed by atoms with van der Waals surface area (Å²) < 4.78 is 41.0. The zero-order valence-corrected chi connectivity index (χ0v) is 11.8. The van der Waals surface area contributed by atoms with Gasteiger partial charge in [0.1, 0.15) is 6.54 Å². The van der Waals surface area contributed by atoms with Crippen LogP contribution in [0, 0.1) is 0 Å². The van der Waals surface area contributed by atoms with Crippen LogP contribution in [0.25, 0.3) is 0 Å². The van der Waals surface area contributed by atoms with E-state index in [1.807, 2.05) is 0 Å². The van der Waals surface area contributed by atoms with Gasteiger partial charge in [0.2, 0.25) is 0 Å². The Morgan fingerprint density at radius 3 is 2.38 bits per heavy atom. The number of alkyl halides is 3. The second-order valence-electron chi connectivity index (χ2n) is 3.68. The molecule has 0 bridgehead atoms. The summed E-state index contributed by atoms with van der Waals surface area (Å²) in [6, 6.07) is 4.48. The number of esters is 1. The highest BCUT2D eigenvalue weighted by Crippen LogP contribution is 2.36. The molecule has 9 heteroatoms. The minimum atomic E-state index is -4.36. The van der Waals surface area contributed by atoms with Gasteiger partial charge in [-0.3, -0.25) is 4.79 Å². The SMILES string of the molecule is CCOC(=O)CNC(=O)Nc1ccc(SC(F)(F)F)cc1. The molecule has 116 valence electrons. The first kappa shape index (κ1) is 17.2. The van der Waals surface area contributed by atoms with Crippen molar-refractivity contribution in [2.45, 2.75) is 17.3 Å². The summed E-state index contributed by atoms with van der Waals surface area (Å²) >= 11 is -0.242. The number of anilines is 1. The third kappa shape index (κ3) is 7.45. The van der Waals surface area contributed by atoms with E-state index in [4.69, 9.17) is 0 Å². The van der Waals surface area contributed by atoms with E-state index in [2.05, 4.69) is 15.4 Å². The lowest BCUT2D eigenvalue weighted by molar-refractivity contribution is -0.141. The molecule has 0 spiro atoms. The van der Waals surface area contributed by atoms with Crippen LogP contribution in [0.1, 0.15) is 6.92 Å². The standard InChI is InChI=1S/C12H13F3N2O3S/c1-2-20-10(18)7-16-11(19)17-8-3-5-9(6-4-8)21-12(13,14)15/h3-6H,2,7H2,1H3,(H2,16,17,19). The number of nitrogens with one attached hydrogen (secondary N) is 2. The summed E-state index contributed by atoms with van der Waals surface area (Å²) in [6.07, 6.45) is 0. The van der Waals surface area contributed by atoms with Crippen LogP contribution in [-0.4, -0.2) is 30.7 Å². The van der Waals surface area contributed by atoms with Crippen LogP contribution in [-0.2, 0) is 9.53 Å². The van der Waals surface area contributed by atoms with Crippen LogP contribution >= 0.6 is 11.8 Å². The molecule has 0 aliphatic heterocycles. The minimum Gasteiger partial charge on any atom is -0.465 e. The number of hydrogen-bond donors (Lipinski definition) is 2. The molecule has 21 heavy (non-hydrogen) atoms. The van der Waals surface area contributed by atoms with Gasteiger partial charge in [-0.15, -0.1) is 0 Å². The summed E-state index contributed by atoms with van der Waals surface area (Å²) in [7, 11) is 0. The van der Waals surface area contributed by atoms with Crippen molar-refractivity contribution in [3.63, 3.8) is 0 Å². The fraction of sp³-hybridized carbons (Fsp3) is 0.333. The molecule has 0 saturated heterocycles. The van der Waals surface area contributed by atoms with Crippen LogP contribution in [0.2, 0.25) is 0 Å². The largest absolute Gasteiger partial charge is 0.465 e. The molecule has 0 aliphatic rings. The number of thioether (sulfide) groups is 1. The fourth-order valence-electron chi connectivity index (χ4n) is 1.28. The van der Waals surface area contributed by atoms with Gasteiger partial charge in [0, 0.05) is 10.6 Å². The first-order valence-corrected chi connectivity index (χ1v) is 6.68. The summed E-state index contributed by atoms with van der Waals surface area (Å²) in [4.78, 5) is 22.4. The Bertz CT molecular complexity index is 492. The van der Waals surface area contributed by atoms with E-state index in [0.717, 1.165) is 0 Å². The highest BCUT2D eigenvalue weighted by molar-refractivity contribution is 8.00. The molecule has 1 rings (SSSR count). The monoisotopic (exact) mass is 322 g/mol. The molecular weight excluding hydrogens is 309 g/mol. The summed E-state index contributed by atoms with van der Waals surface area (Å²) in [5.41, 5.74) is -4.05. The first-order chi connectivity index (χ1) is 9.80. The van der Waals surface area contributed by atoms with Crippen molar-refractivity contribution < 1.29 is 27.5 Å². The molecule has 0 unspecified atom stereocenters. The van der Waals surface area contributed by atoms with Gasteiger partial charge in [0.05, 0.1) is 6.61 Å². The Hall–Kier alpha value is -1.90. The van der Waals surface area contributed by atoms with E-state index in [9.17, 15) is 22.8 Å². The number of carbonyl (C=O) groups is 2. The normalized spacial score (nSPS) is 10.9. The van der Waals surface area contributed by atoms with E-state index >= 15 is 0 Å². The van der Waals surface area contributed by atoms with Crippen molar-refractivity contribution in [1.29, 1.82) is 0 Å². The molecule has 0 aliphatic carbocycles. The van der Waals surface area contributed by atoms with Crippen molar-refractivity contribution in [3.05, 3.63) is 24.3 Å². The second-order valence-corrected chi connectivity index (χ2v) is 4.82. The fourth-order valence-corrected chi connectivity index (χ4v) is 1.82. The number of hydrogen-bond acceptors (Lipinski definition) is 4. The van der Waals surface area contributed by atoms with Gasteiger partial charge < -0.3 is 15.4 Å². The van der Waals surface area contributed by atoms with E-state index < -0.39 is 17.5 Å².